The van der Waals surface area contributed by atoms with E-state index in [1.165, 1.54) is 0 Å². The third-order valence-electron chi connectivity index (χ3n) is 3.48. The molecule has 6 nitrogen and oxygen atoms in total. The maximum absolute atomic E-state index is 12.7. The molecule has 20 heavy (non-hydrogen) atoms. The number of hydrogen-bond acceptors (Lipinski definition) is 4. The van der Waals surface area contributed by atoms with E-state index in [9.17, 15) is 4.79 Å². The van der Waals surface area contributed by atoms with Gasteiger partial charge in [-0.15, -0.1) is 10.2 Å². The number of carbonyl (C=O) groups excluding carboxylic acids is 1. The van der Waals surface area contributed by atoms with Crippen molar-refractivity contribution in [2.75, 3.05) is 19.7 Å². The van der Waals surface area contributed by atoms with E-state index in [0.29, 0.717) is 30.9 Å². The minimum atomic E-state index is -0.315. The zero-order valence-corrected chi connectivity index (χ0v) is 11.7. The minimum absolute atomic E-state index is 0.0119. The van der Waals surface area contributed by atoms with Crippen LogP contribution in [0.2, 0.25) is 0 Å². The van der Waals surface area contributed by atoms with Crippen LogP contribution in [-0.4, -0.2) is 50.7 Å². The smallest absolute Gasteiger partial charge is 0.257 e. The molecule has 1 aliphatic heterocycles. The maximum Gasteiger partial charge on any atom is 0.257 e. The fraction of sp³-hybridized carbons (Fsp3) is 0.500. The van der Waals surface area contributed by atoms with Crippen LogP contribution in [-0.2, 0) is 4.74 Å². The van der Waals surface area contributed by atoms with Crippen molar-refractivity contribution < 1.29 is 9.53 Å². The summed E-state index contributed by atoms with van der Waals surface area (Å²) >= 11 is 0. The number of ether oxygens (including phenoxy) is 1. The second kappa shape index (κ2) is 4.86. The summed E-state index contributed by atoms with van der Waals surface area (Å²) in [5, 5.41) is 7.88. The van der Waals surface area contributed by atoms with Gasteiger partial charge in [-0.2, -0.15) is 0 Å². The van der Waals surface area contributed by atoms with Gasteiger partial charge in [-0.3, -0.25) is 9.20 Å². The molecule has 6 heteroatoms. The summed E-state index contributed by atoms with van der Waals surface area (Å²) in [6.45, 7) is 6.00. The number of aromatic nitrogens is 3. The third-order valence-corrected chi connectivity index (χ3v) is 3.48. The molecule has 0 aromatic carbocycles. The van der Waals surface area contributed by atoms with Crippen LogP contribution in [0.1, 0.15) is 30.6 Å². The molecule has 3 rings (SSSR count). The molecule has 2 aromatic heterocycles. The first-order chi connectivity index (χ1) is 9.57. The van der Waals surface area contributed by atoms with Crippen molar-refractivity contribution in [3.8, 4) is 0 Å². The van der Waals surface area contributed by atoms with Crippen molar-refractivity contribution >= 4 is 11.6 Å². The SMILES string of the molecule is CC1(C)CN(C(=O)c2cccn3cnnc23)CCCO1. The number of hydrogen-bond donors (Lipinski definition) is 0. The topological polar surface area (TPSA) is 59.7 Å². The normalized spacial score (nSPS) is 19.0. The first kappa shape index (κ1) is 13.1. The summed E-state index contributed by atoms with van der Waals surface area (Å²) in [5.41, 5.74) is 0.869. The zero-order chi connectivity index (χ0) is 14.2. The standard InChI is InChI=1S/C14H18N4O2/c1-14(2)9-17(7-4-8-20-14)13(19)11-5-3-6-18-10-15-16-12(11)18/h3,5-6,10H,4,7-9H2,1-2H3. The predicted molar refractivity (Wildman–Crippen MR) is 73.5 cm³/mol. The Balaban J connectivity index is 1.93. The number of carbonyl (C=O) groups is 1. The molecule has 3 heterocycles. The third kappa shape index (κ3) is 2.38. The van der Waals surface area contributed by atoms with Crippen molar-refractivity contribution in [1.82, 2.24) is 19.5 Å². The van der Waals surface area contributed by atoms with Gasteiger partial charge in [0.1, 0.15) is 6.33 Å². The molecule has 0 bridgehead atoms. The molecule has 1 aliphatic rings. The van der Waals surface area contributed by atoms with Crippen LogP contribution in [0.15, 0.2) is 24.7 Å². The Bertz CT molecular complexity index is 635. The summed E-state index contributed by atoms with van der Waals surface area (Å²) in [6.07, 6.45) is 4.29. The van der Waals surface area contributed by atoms with Crippen molar-refractivity contribution in [2.24, 2.45) is 0 Å². The van der Waals surface area contributed by atoms with Crippen LogP contribution >= 0.6 is 0 Å². The van der Waals surface area contributed by atoms with E-state index in [0.717, 1.165) is 6.42 Å². The summed E-state index contributed by atoms with van der Waals surface area (Å²) in [6, 6.07) is 3.63. The van der Waals surface area contributed by atoms with Crippen LogP contribution in [0.3, 0.4) is 0 Å². The number of fused-ring (bicyclic) bond motifs is 1. The molecule has 0 saturated carbocycles. The van der Waals surface area contributed by atoms with Gasteiger partial charge in [-0.1, -0.05) is 0 Å². The second-order valence-electron chi connectivity index (χ2n) is 5.67. The Labute approximate surface area is 117 Å². The Morgan fingerprint density at radius 3 is 3.15 bits per heavy atom. The Kier molecular flexibility index (Phi) is 3.17. The van der Waals surface area contributed by atoms with Crippen molar-refractivity contribution in [2.45, 2.75) is 25.9 Å². The van der Waals surface area contributed by atoms with E-state index >= 15 is 0 Å². The van der Waals surface area contributed by atoms with Crippen LogP contribution in [0.5, 0.6) is 0 Å². The van der Waals surface area contributed by atoms with E-state index in [1.54, 1.807) is 16.8 Å². The Morgan fingerprint density at radius 2 is 2.30 bits per heavy atom. The first-order valence-corrected chi connectivity index (χ1v) is 6.78. The van der Waals surface area contributed by atoms with Crippen LogP contribution in [0, 0.1) is 0 Å². The highest BCUT2D eigenvalue weighted by Gasteiger charge is 2.29. The first-order valence-electron chi connectivity index (χ1n) is 6.78. The van der Waals surface area contributed by atoms with Crippen LogP contribution in [0.4, 0.5) is 0 Å². The molecular formula is C14H18N4O2. The monoisotopic (exact) mass is 274 g/mol. The molecule has 2 aromatic rings. The molecule has 0 unspecified atom stereocenters. The fourth-order valence-corrected chi connectivity index (χ4v) is 2.55. The van der Waals surface area contributed by atoms with E-state index in [4.69, 9.17) is 4.74 Å². The van der Waals surface area contributed by atoms with Gasteiger partial charge in [0.05, 0.1) is 11.2 Å². The number of rotatable bonds is 1. The van der Waals surface area contributed by atoms with Crippen molar-refractivity contribution in [1.29, 1.82) is 0 Å². The van der Waals surface area contributed by atoms with Gasteiger partial charge >= 0.3 is 0 Å². The van der Waals surface area contributed by atoms with E-state index in [-0.39, 0.29) is 11.5 Å². The molecule has 106 valence electrons. The molecular weight excluding hydrogens is 256 g/mol. The minimum Gasteiger partial charge on any atom is -0.374 e. The Morgan fingerprint density at radius 1 is 1.45 bits per heavy atom. The quantitative estimate of drug-likeness (QED) is 0.788. The van der Waals surface area contributed by atoms with E-state index in [1.807, 2.05) is 31.0 Å². The highest BCUT2D eigenvalue weighted by Crippen LogP contribution is 2.19. The van der Waals surface area contributed by atoms with E-state index < -0.39 is 0 Å². The van der Waals surface area contributed by atoms with Crippen LogP contribution < -0.4 is 0 Å². The highest BCUT2D eigenvalue weighted by atomic mass is 16.5. The van der Waals surface area contributed by atoms with Gasteiger partial charge in [0.2, 0.25) is 0 Å². The van der Waals surface area contributed by atoms with Crippen molar-refractivity contribution in [3.05, 3.63) is 30.2 Å². The lowest BCUT2D eigenvalue weighted by molar-refractivity contribution is -0.0155. The number of pyridine rings is 1. The largest absolute Gasteiger partial charge is 0.374 e. The highest BCUT2D eigenvalue weighted by molar-refractivity contribution is 5.99. The molecule has 1 fully saturated rings. The Hall–Kier alpha value is -1.95. The van der Waals surface area contributed by atoms with E-state index in [2.05, 4.69) is 10.2 Å². The molecule has 0 spiro atoms. The lowest BCUT2D eigenvalue weighted by Crippen LogP contribution is -2.41. The number of nitrogens with zero attached hydrogens (tertiary/aromatic N) is 4. The second-order valence-corrected chi connectivity index (χ2v) is 5.67. The summed E-state index contributed by atoms with van der Waals surface area (Å²) in [5.74, 6) is -0.0119. The van der Waals surface area contributed by atoms with Crippen molar-refractivity contribution in [3.63, 3.8) is 0 Å². The summed E-state index contributed by atoms with van der Waals surface area (Å²) in [7, 11) is 0. The lowest BCUT2D eigenvalue weighted by atomic mass is 10.1. The van der Waals surface area contributed by atoms with Gasteiger partial charge in [-0.05, 0) is 32.4 Å². The average Bonchev–Trinajstić information content (AvgIpc) is 2.82. The van der Waals surface area contributed by atoms with Gasteiger partial charge in [0.25, 0.3) is 5.91 Å². The lowest BCUT2D eigenvalue weighted by Gasteiger charge is -2.29. The fourth-order valence-electron chi connectivity index (χ4n) is 2.55. The van der Waals surface area contributed by atoms with Gasteiger partial charge < -0.3 is 9.64 Å². The number of amides is 1. The maximum atomic E-state index is 12.7. The van der Waals surface area contributed by atoms with Gasteiger partial charge in [-0.25, -0.2) is 0 Å². The average molecular weight is 274 g/mol. The molecule has 0 radical (unpaired) electrons. The molecule has 1 saturated heterocycles. The van der Waals surface area contributed by atoms with Gasteiger partial charge in [0, 0.05) is 25.9 Å². The van der Waals surface area contributed by atoms with Crippen LogP contribution in [0.25, 0.3) is 5.65 Å². The molecule has 0 aliphatic carbocycles. The predicted octanol–water partition coefficient (Wildman–Crippen LogP) is 1.37. The molecule has 0 N–H and O–H groups in total. The summed E-state index contributed by atoms with van der Waals surface area (Å²) < 4.78 is 7.51. The van der Waals surface area contributed by atoms with Gasteiger partial charge in [0.15, 0.2) is 5.65 Å². The molecule has 1 amide bonds. The zero-order valence-electron chi connectivity index (χ0n) is 11.7. The molecule has 0 atom stereocenters. The summed E-state index contributed by atoms with van der Waals surface area (Å²) in [4.78, 5) is 14.6.